The molecule has 1 aliphatic heterocycles. The van der Waals surface area contributed by atoms with Crippen molar-refractivity contribution >= 4 is 17.6 Å². The van der Waals surface area contributed by atoms with Crippen molar-refractivity contribution in [2.75, 3.05) is 13.7 Å². The van der Waals surface area contributed by atoms with Gasteiger partial charge in [-0.25, -0.2) is 0 Å². The molecular weight excluding hydrogens is 368 g/mol. The maximum atomic E-state index is 12.6. The van der Waals surface area contributed by atoms with Crippen molar-refractivity contribution in [1.82, 2.24) is 10.2 Å². The second-order valence-corrected chi connectivity index (χ2v) is 7.10. The molecule has 6 nitrogen and oxygen atoms in total. The molecule has 2 aromatic carbocycles. The Balaban J connectivity index is 1.51. The summed E-state index contributed by atoms with van der Waals surface area (Å²) in [5, 5.41) is 2.92. The van der Waals surface area contributed by atoms with E-state index in [1.807, 2.05) is 30.3 Å². The van der Waals surface area contributed by atoms with Crippen LogP contribution in [0.15, 0.2) is 54.6 Å². The zero-order chi connectivity index (χ0) is 20.6. The average molecular weight is 394 g/mol. The molecule has 2 aromatic rings. The molecular formula is C23H26N2O4. The normalized spacial score (nSPS) is 15.8. The summed E-state index contributed by atoms with van der Waals surface area (Å²) < 4.78 is 5.09. The lowest BCUT2D eigenvalue weighted by atomic mass is 10.1. The molecule has 6 heteroatoms. The summed E-state index contributed by atoms with van der Waals surface area (Å²) in [4.78, 5) is 39.2. The van der Waals surface area contributed by atoms with Gasteiger partial charge in [0.05, 0.1) is 7.11 Å². The quantitative estimate of drug-likeness (QED) is 0.699. The van der Waals surface area contributed by atoms with Gasteiger partial charge in [-0.15, -0.1) is 0 Å². The van der Waals surface area contributed by atoms with Crippen LogP contribution in [-0.2, 0) is 16.1 Å². The fraction of sp³-hybridized carbons (Fsp3) is 0.348. The Bertz CT molecular complexity index is 849. The van der Waals surface area contributed by atoms with Crippen LogP contribution >= 0.6 is 0 Å². The Kier molecular flexibility index (Phi) is 7.00. The molecule has 1 aliphatic rings. The van der Waals surface area contributed by atoms with E-state index < -0.39 is 6.04 Å². The summed E-state index contributed by atoms with van der Waals surface area (Å²) in [6.07, 6.45) is 1.67. The van der Waals surface area contributed by atoms with Crippen molar-refractivity contribution in [3.05, 3.63) is 65.7 Å². The Morgan fingerprint density at radius 3 is 2.45 bits per heavy atom. The van der Waals surface area contributed by atoms with Gasteiger partial charge in [-0.3, -0.25) is 14.4 Å². The van der Waals surface area contributed by atoms with Gasteiger partial charge in [0.15, 0.2) is 5.78 Å². The number of Topliss-reactive ketones (excluding diaryl/α,β-unsaturated/α-hetero) is 1. The smallest absolute Gasteiger partial charge is 0.243 e. The van der Waals surface area contributed by atoms with Crippen molar-refractivity contribution < 1.29 is 19.1 Å². The fourth-order valence-electron chi connectivity index (χ4n) is 3.53. The number of benzene rings is 2. The second-order valence-electron chi connectivity index (χ2n) is 7.10. The number of nitrogens with zero attached hydrogens (tertiary/aromatic N) is 1. The van der Waals surface area contributed by atoms with Crippen molar-refractivity contribution in [3.8, 4) is 5.75 Å². The van der Waals surface area contributed by atoms with Crippen LogP contribution in [0.25, 0.3) is 0 Å². The highest BCUT2D eigenvalue weighted by Crippen LogP contribution is 2.20. The third-order valence-corrected chi connectivity index (χ3v) is 5.16. The molecule has 0 spiro atoms. The van der Waals surface area contributed by atoms with Crippen LogP contribution in [0.1, 0.15) is 41.6 Å². The van der Waals surface area contributed by atoms with E-state index >= 15 is 0 Å². The fourth-order valence-corrected chi connectivity index (χ4v) is 3.53. The minimum absolute atomic E-state index is 0.0923. The largest absolute Gasteiger partial charge is 0.497 e. The van der Waals surface area contributed by atoms with Gasteiger partial charge in [0.2, 0.25) is 11.8 Å². The number of amides is 2. The van der Waals surface area contributed by atoms with E-state index in [0.29, 0.717) is 30.8 Å². The van der Waals surface area contributed by atoms with Gasteiger partial charge in [0.1, 0.15) is 11.8 Å². The lowest BCUT2D eigenvalue weighted by Crippen LogP contribution is -2.45. The SMILES string of the molecule is COc1ccc(C(=O)CCC(=O)N2CCCC2C(=O)NCc2ccccc2)cc1. The van der Waals surface area contributed by atoms with Crippen LogP contribution in [0.2, 0.25) is 0 Å². The average Bonchev–Trinajstić information content (AvgIpc) is 3.26. The van der Waals surface area contributed by atoms with E-state index in [9.17, 15) is 14.4 Å². The summed E-state index contributed by atoms with van der Waals surface area (Å²) in [6, 6.07) is 16.1. The summed E-state index contributed by atoms with van der Waals surface area (Å²) in [7, 11) is 1.57. The topological polar surface area (TPSA) is 75.7 Å². The maximum absolute atomic E-state index is 12.6. The van der Waals surface area contributed by atoms with Crippen molar-refractivity contribution in [2.24, 2.45) is 0 Å². The molecule has 1 heterocycles. The van der Waals surface area contributed by atoms with Gasteiger partial charge >= 0.3 is 0 Å². The number of ketones is 1. The molecule has 1 unspecified atom stereocenters. The van der Waals surface area contributed by atoms with Crippen LogP contribution < -0.4 is 10.1 Å². The molecule has 1 atom stereocenters. The number of rotatable bonds is 8. The standard InChI is InChI=1S/C23H26N2O4/c1-29-19-11-9-18(10-12-19)21(26)13-14-22(27)25-15-5-8-20(25)23(28)24-16-17-6-3-2-4-7-17/h2-4,6-7,9-12,20H,5,8,13-16H2,1H3,(H,24,28). The van der Waals surface area contributed by atoms with Crippen LogP contribution in [0, 0.1) is 0 Å². The van der Waals surface area contributed by atoms with E-state index in [0.717, 1.165) is 12.0 Å². The minimum Gasteiger partial charge on any atom is -0.497 e. The van der Waals surface area contributed by atoms with Gasteiger partial charge in [0, 0.05) is 31.5 Å². The third-order valence-electron chi connectivity index (χ3n) is 5.16. The second kappa shape index (κ2) is 9.87. The van der Waals surface area contributed by atoms with Gasteiger partial charge in [-0.1, -0.05) is 30.3 Å². The molecule has 3 rings (SSSR count). The number of carbonyl (C=O) groups excluding carboxylic acids is 3. The van der Waals surface area contributed by atoms with Crippen molar-refractivity contribution in [2.45, 2.75) is 38.3 Å². The zero-order valence-corrected chi connectivity index (χ0v) is 16.6. The van der Waals surface area contributed by atoms with Crippen LogP contribution in [0.5, 0.6) is 5.75 Å². The summed E-state index contributed by atoms with van der Waals surface area (Å²) in [6.45, 7) is 0.993. The molecule has 0 bridgehead atoms. The highest BCUT2D eigenvalue weighted by Gasteiger charge is 2.33. The molecule has 0 radical (unpaired) electrons. The van der Waals surface area contributed by atoms with Gasteiger partial charge in [-0.05, 0) is 42.7 Å². The Hall–Kier alpha value is -3.15. The predicted octanol–water partition coefficient (Wildman–Crippen LogP) is 2.97. The number of hydrogen-bond acceptors (Lipinski definition) is 4. The molecule has 1 fully saturated rings. The highest BCUT2D eigenvalue weighted by molar-refractivity contribution is 5.98. The number of ether oxygens (including phenoxy) is 1. The number of hydrogen-bond donors (Lipinski definition) is 1. The van der Waals surface area contributed by atoms with E-state index in [1.165, 1.54) is 0 Å². The molecule has 0 saturated carbocycles. The maximum Gasteiger partial charge on any atom is 0.243 e. The Morgan fingerprint density at radius 1 is 1.03 bits per heavy atom. The Labute approximate surface area is 170 Å². The van der Waals surface area contributed by atoms with E-state index in [4.69, 9.17) is 4.74 Å². The number of methoxy groups -OCH3 is 1. The van der Waals surface area contributed by atoms with Gasteiger partial charge in [-0.2, -0.15) is 0 Å². The van der Waals surface area contributed by atoms with Gasteiger partial charge < -0.3 is 15.0 Å². The third kappa shape index (κ3) is 5.44. The first-order valence-corrected chi connectivity index (χ1v) is 9.87. The van der Waals surface area contributed by atoms with E-state index in [-0.39, 0.29) is 30.4 Å². The molecule has 1 saturated heterocycles. The lowest BCUT2D eigenvalue weighted by Gasteiger charge is -2.24. The molecule has 0 aliphatic carbocycles. The molecule has 2 amide bonds. The minimum atomic E-state index is -0.456. The van der Waals surface area contributed by atoms with Crippen LogP contribution in [-0.4, -0.2) is 42.2 Å². The van der Waals surface area contributed by atoms with E-state index in [1.54, 1.807) is 36.3 Å². The monoisotopic (exact) mass is 394 g/mol. The number of nitrogens with one attached hydrogen (secondary N) is 1. The molecule has 0 aromatic heterocycles. The van der Waals surface area contributed by atoms with Crippen molar-refractivity contribution in [1.29, 1.82) is 0 Å². The summed E-state index contributed by atoms with van der Waals surface area (Å²) in [5.41, 5.74) is 1.57. The Morgan fingerprint density at radius 2 is 1.76 bits per heavy atom. The lowest BCUT2D eigenvalue weighted by molar-refractivity contribution is -0.138. The first-order chi connectivity index (χ1) is 14.1. The van der Waals surface area contributed by atoms with Crippen LogP contribution in [0.3, 0.4) is 0 Å². The predicted molar refractivity (Wildman–Crippen MR) is 110 cm³/mol. The first kappa shape index (κ1) is 20.6. The molecule has 152 valence electrons. The first-order valence-electron chi connectivity index (χ1n) is 9.87. The van der Waals surface area contributed by atoms with Gasteiger partial charge in [0.25, 0.3) is 0 Å². The molecule has 29 heavy (non-hydrogen) atoms. The summed E-state index contributed by atoms with van der Waals surface area (Å²) in [5.74, 6) is 0.301. The van der Waals surface area contributed by atoms with Crippen molar-refractivity contribution in [3.63, 3.8) is 0 Å². The number of likely N-dealkylation sites (tertiary alicyclic amines) is 1. The number of carbonyl (C=O) groups is 3. The molecule has 1 N–H and O–H groups in total. The van der Waals surface area contributed by atoms with Crippen LogP contribution in [0.4, 0.5) is 0 Å². The summed E-state index contributed by atoms with van der Waals surface area (Å²) >= 11 is 0. The zero-order valence-electron chi connectivity index (χ0n) is 16.6. The van der Waals surface area contributed by atoms with E-state index in [2.05, 4.69) is 5.32 Å². The highest BCUT2D eigenvalue weighted by atomic mass is 16.5.